The van der Waals surface area contributed by atoms with E-state index in [4.69, 9.17) is 4.42 Å². The van der Waals surface area contributed by atoms with Crippen LogP contribution in [0.15, 0.2) is 50.4 Å². The maximum atomic E-state index is 11.5. The van der Waals surface area contributed by atoms with Gasteiger partial charge in [-0.15, -0.1) is 0 Å². The van der Waals surface area contributed by atoms with Crippen LogP contribution < -0.4 is 10.0 Å². The number of nitrogens with one attached hydrogen (secondary N) is 2. The standard InChI is InChI=1S/C12H13BrN2O3S/c1-14-19(16,17)12-6-5-11(18-12)8-15-10-4-2-3-9(13)7-10/h2-7,14-15H,8H2,1H3. The maximum Gasteiger partial charge on any atom is 0.273 e. The highest BCUT2D eigenvalue weighted by molar-refractivity contribution is 9.10. The molecule has 0 fully saturated rings. The molecule has 2 aromatic rings. The molecule has 1 heterocycles. The first-order chi connectivity index (χ1) is 9.01. The molecule has 1 aromatic carbocycles. The smallest absolute Gasteiger partial charge is 0.273 e. The van der Waals surface area contributed by atoms with Crippen LogP contribution in [0.2, 0.25) is 0 Å². The fourth-order valence-electron chi connectivity index (χ4n) is 1.49. The number of furan rings is 1. The Balaban J connectivity index is 2.05. The molecular formula is C12H13BrN2O3S. The Kier molecular flexibility index (Phi) is 4.28. The van der Waals surface area contributed by atoms with E-state index in [0.717, 1.165) is 10.2 Å². The van der Waals surface area contributed by atoms with Crippen LogP contribution in [0.4, 0.5) is 5.69 Å². The van der Waals surface area contributed by atoms with Gasteiger partial charge in [0.15, 0.2) is 0 Å². The second-order valence-electron chi connectivity index (χ2n) is 3.79. The van der Waals surface area contributed by atoms with Crippen molar-refractivity contribution in [3.8, 4) is 0 Å². The second kappa shape index (κ2) is 5.77. The SMILES string of the molecule is CNS(=O)(=O)c1ccc(CNc2cccc(Br)c2)o1. The van der Waals surface area contributed by atoms with Crippen molar-refractivity contribution in [2.24, 2.45) is 0 Å². The average molecular weight is 345 g/mol. The van der Waals surface area contributed by atoms with Gasteiger partial charge in [0.25, 0.3) is 10.0 Å². The first kappa shape index (κ1) is 14.1. The third-order valence-corrected chi connectivity index (χ3v) is 4.24. The second-order valence-corrected chi connectivity index (χ2v) is 6.53. The zero-order valence-electron chi connectivity index (χ0n) is 10.2. The molecule has 0 radical (unpaired) electrons. The lowest BCUT2D eigenvalue weighted by Gasteiger charge is -2.04. The minimum absolute atomic E-state index is 0.0824. The summed E-state index contributed by atoms with van der Waals surface area (Å²) in [6.07, 6.45) is 0. The first-order valence-corrected chi connectivity index (χ1v) is 7.80. The van der Waals surface area contributed by atoms with E-state index < -0.39 is 10.0 Å². The summed E-state index contributed by atoms with van der Waals surface area (Å²) in [5.74, 6) is 0.550. The Morgan fingerprint density at radius 1 is 1.26 bits per heavy atom. The lowest BCUT2D eigenvalue weighted by Crippen LogP contribution is -2.17. The van der Waals surface area contributed by atoms with Crippen LogP contribution in [0.3, 0.4) is 0 Å². The van der Waals surface area contributed by atoms with Crippen LogP contribution in [-0.2, 0) is 16.6 Å². The van der Waals surface area contributed by atoms with Gasteiger partial charge in [0.2, 0.25) is 5.09 Å². The molecule has 0 aliphatic rings. The van der Waals surface area contributed by atoms with E-state index >= 15 is 0 Å². The highest BCUT2D eigenvalue weighted by atomic mass is 79.9. The van der Waals surface area contributed by atoms with E-state index in [2.05, 4.69) is 26.0 Å². The lowest BCUT2D eigenvalue weighted by molar-refractivity contribution is 0.417. The van der Waals surface area contributed by atoms with Crippen LogP contribution in [-0.4, -0.2) is 15.5 Å². The fraction of sp³-hybridized carbons (Fsp3) is 0.167. The monoisotopic (exact) mass is 344 g/mol. The zero-order valence-corrected chi connectivity index (χ0v) is 12.6. The van der Waals surface area contributed by atoms with E-state index in [1.165, 1.54) is 13.1 Å². The zero-order chi connectivity index (χ0) is 13.9. The molecule has 0 aliphatic carbocycles. The molecule has 0 amide bonds. The minimum atomic E-state index is -3.52. The van der Waals surface area contributed by atoms with E-state index in [-0.39, 0.29) is 5.09 Å². The predicted octanol–water partition coefficient (Wildman–Crippen LogP) is 2.56. The summed E-state index contributed by atoms with van der Waals surface area (Å²) in [7, 11) is -2.17. The number of benzene rings is 1. The molecule has 0 saturated heterocycles. The van der Waals surface area contributed by atoms with Gasteiger partial charge in [-0.25, -0.2) is 13.1 Å². The third-order valence-electron chi connectivity index (χ3n) is 2.46. The van der Waals surface area contributed by atoms with Crippen molar-refractivity contribution in [3.05, 3.63) is 46.6 Å². The molecule has 0 bridgehead atoms. The molecule has 5 nitrogen and oxygen atoms in total. The van der Waals surface area contributed by atoms with Crippen LogP contribution >= 0.6 is 15.9 Å². The van der Waals surface area contributed by atoms with Crippen molar-refractivity contribution >= 4 is 31.6 Å². The average Bonchev–Trinajstić information content (AvgIpc) is 2.86. The van der Waals surface area contributed by atoms with Gasteiger partial charge in [-0.1, -0.05) is 22.0 Å². The largest absolute Gasteiger partial charge is 0.446 e. The number of sulfonamides is 1. The number of anilines is 1. The molecule has 1 aromatic heterocycles. The molecular weight excluding hydrogens is 332 g/mol. The topological polar surface area (TPSA) is 71.3 Å². The predicted molar refractivity (Wildman–Crippen MR) is 76.4 cm³/mol. The lowest BCUT2D eigenvalue weighted by atomic mass is 10.3. The molecule has 19 heavy (non-hydrogen) atoms. The van der Waals surface area contributed by atoms with Gasteiger partial charge in [-0.05, 0) is 37.4 Å². The summed E-state index contributed by atoms with van der Waals surface area (Å²) in [6, 6.07) is 10.7. The summed E-state index contributed by atoms with van der Waals surface area (Å²) in [4.78, 5) is 0. The Morgan fingerprint density at radius 3 is 2.74 bits per heavy atom. The Morgan fingerprint density at radius 2 is 2.05 bits per heavy atom. The van der Waals surface area contributed by atoms with Gasteiger partial charge in [0.1, 0.15) is 5.76 Å². The van der Waals surface area contributed by atoms with E-state index in [1.807, 2.05) is 24.3 Å². The Bertz CT molecular complexity index is 667. The molecule has 0 atom stereocenters. The number of hydrogen-bond donors (Lipinski definition) is 2. The van der Waals surface area contributed by atoms with Crippen molar-refractivity contribution in [2.75, 3.05) is 12.4 Å². The summed E-state index contributed by atoms with van der Waals surface area (Å²) >= 11 is 3.38. The number of halogens is 1. The first-order valence-electron chi connectivity index (χ1n) is 5.53. The molecule has 7 heteroatoms. The maximum absolute atomic E-state index is 11.5. The summed E-state index contributed by atoms with van der Waals surface area (Å²) in [6.45, 7) is 0.412. The highest BCUT2D eigenvalue weighted by Gasteiger charge is 2.15. The molecule has 102 valence electrons. The molecule has 2 rings (SSSR count). The van der Waals surface area contributed by atoms with Gasteiger partial charge in [0, 0.05) is 10.2 Å². The molecule has 0 spiro atoms. The van der Waals surface area contributed by atoms with Gasteiger partial charge in [-0.3, -0.25) is 0 Å². The molecule has 0 aliphatic heterocycles. The Hall–Kier alpha value is -1.31. The van der Waals surface area contributed by atoms with Crippen molar-refractivity contribution in [1.82, 2.24) is 4.72 Å². The highest BCUT2D eigenvalue weighted by Crippen LogP contribution is 2.18. The van der Waals surface area contributed by atoms with Crippen LogP contribution in [0.25, 0.3) is 0 Å². The van der Waals surface area contributed by atoms with Crippen molar-refractivity contribution in [2.45, 2.75) is 11.6 Å². The molecule has 0 saturated carbocycles. The van der Waals surface area contributed by atoms with Crippen LogP contribution in [0.1, 0.15) is 5.76 Å². The van der Waals surface area contributed by atoms with Crippen molar-refractivity contribution < 1.29 is 12.8 Å². The summed E-state index contributed by atoms with van der Waals surface area (Å²) < 4.78 is 31.4. The van der Waals surface area contributed by atoms with Crippen LogP contribution in [0.5, 0.6) is 0 Å². The van der Waals surface area contributed by atoms with Gasteiger partial charge in [-0.2, -0.15) is 0 Å². The van der Waals surface area contributed by atoms with E-state index in [1.54, 1.807) is 6.07 Å². The van der Waals surface area contributed by atoms with Gasteiger partial charge >= 0.3 is 0 Å². The number of rotatable bonds is 5. The van der Waals surface area contributed by atoms with Gasteiger partial charge in [0.05, 0.1) is 6.54 Å². The summed E-state index contributed by atoms with van der Waals surface area (Å²) in [5, 5.41) is 3.06. The van der Waals surface area contributed by atoms with Crippen molar-refractivity contribution in [1.29, 1.82) is 0 Å². The molecule has 2 N–H and O–H groups in total. The Labute approximate surface area is 120 Å². The fourth-order valence-corrected chi connectivity index (χ4v) is 2.55. The van der Waals surface area contributed by atoms with E-state index in [9.17, 15) is 8.42 Å². The quantitative estimate of drug-likeness (QED) is 0.874. The summed E-state index contributed by atoms with van der Waals surface area (Å²) in [5.41, 5.74) is 0.920. The minimum Gasteiger partial charge on any atom is -0.446 e. The number of hydrogen-bond acceptors (Lipinski definition) is 4. The molecule has 0 unspecified atom stereocenters. The van der Waals surface area contributed by atoms with Crippen LogP contribution in [0, 0.1) is 0 Å². The van der Waals surface area contributed by atoms with E-state index in [0.29, 0.717) is 12.3 Å². The van der Waals surface area contributed by atoms with Gasteiger partial charge < -0.3 is 9.73 Å². The third kappa shape index (κ3) is 3.59. The normalized spacial score (nSPS) is 11.5. The van der Waals surface area contributed by atoms with Crippen molar-refractivity contribution in [3.63, 3.8) is 0 Å².